The summed E-state index contributed by atoms with van der Waals surface area (Å²) >= 11 is 0. The standard InChI is InChI=1S/C30H25N7O4/c1-17-6-9-21(10-7-17)29(26(31)40,27(41)35-28-32-12-13-33-28)30(24-15-18-4-2-3-5-20(18)16-34-24)36-22-11-8-19(25(38)39)14-23(22)37-30/h2-16,36-37H,1H3,(H2,31,40)(H,38,39)(H2,32,33,35,41). The molecule has 0 saturated carbocycles. The predicted octanol–water partition coefficient (Wildman–Crippen LogP) is 3.72. The fourth-order valence-corrected chi connectivity index (χ4v) is 5.42. The van der Waals surface area contributed by atoms with Crippen molar-refractivity contribution >= 4 is 45.9 Å². The number of hydrogen-bond acceptors (Lipinski definition) is 7. The number of aryl methyl sites for hydroxylation is 1. The summed E-state index contributed by atoms with van der Waals surface area (Å²) in [5.74, 6) is -2.79. The minimum Gasteiger partial charge on any atom is -0.478 e. The van der Waals surface area contributed by atoms with Crippen LogP contribution < -0.4 is 21.7 Å². The van der Waals surface area contributed by atoms with Gasteiger partial charge in [-0.2, -0.15) is 0 Å². The van der Waals surface area contributed by atoms with Gasteiger partial charge in [-0.1, -0.05) is 54.1 Å². The highest BCUT2D eigenvalue weighted by atomic mass is 16.4. The fraction of sp³-hybridized carbons (Fsp3) is 0.100. The van der Waals surface area contributed by atoms with Gasteiger partial charge in [-0.3, -0.25) is 19.9 Å². The number of anilines is 3. The summed E-state index contributed by atoms with van der Waals surface area (Å²) in [6.45, 7) is 1.88. The van der Waals surface area contributed by atoms with Crippen LogP contribution >= 0.6 is 0 Å². The van der Waals surface area contributed by atoms with Crippen LogP contribution in [0.1, 0.15) is 27.2 Å². The van der Waals surface area contributed by atoms with Crippen LogP contribution in [0.25, 0.3) is 10.8 Å². The van der Waals surface area contributed by atoms with Crippen molar-refractivity contribution in [3.8, 4) is 0 Å². The molecule has 2 unspecified atom stereocenters. The number of aromatic amines is 1. The first-order chi connectivity index (χ1) is 19.7. The second-order valence-electron chi connectivity index (χ2n) is 9.85. The summed E-state index contributed by atoms with van der Waals surface area (Å²) in [5, 5.41) is 20.6. The molecule has 11 heteroatoms. The SMILES string of the molecule is Cc1ccc(C(C(N)=O)(C(=O)Nc2ncc[nH]2)C2(c3cc4ccccc4cn3)Nc3ccc(C(=O)O)cc3N2)cc1. The highest BCUT2D eigenvalue weighted by Crippen LogP contribution is 2.51. The van der Waals surface area contributed by atoms with Crippen LogP contribution in [0.5, 0.6) is 0 Å². The third-order valence-electron chi connectivity index (χ3n) is 7.41. The summed E-state index contributed by atoms with van der Waals surface area (Å²) in [4.78, 5) is 52.0. The molecule has 0 bridgehead atoms. The van der Waals surface area contributed by atoms with Crippen molar-refractivity contribution in [2.45, 2.75) is 18.0 Å². The number of nitrogens with zero attached hydrogens (tertiary/aromatic N) is 2. The Bertz CT molecular complexity index is 1820. The topological polar surface area (TPSA) is 175 Å². The van der Waals surface area contributed by atoms with Crippen molar-refractivity contribution in [1.29, 1.82) is 0 Å². The van der Waals surface area contributed by atoms with Gasteiger partial charge in [-0.15, -0.1) is 0 Å². The van der Waals surface area contributed by atoms with Gasteiger partial charge < -0.3 is 26.5 Å². The quantitative estimate of drug-likeness (QED) is 0.167. The summed E-state index contributed by atoms with van der Waals surface area (Å²) < 4.78 is 0. The van der Waals surface area contributed by atoms with Gasteiger partial charge in [0.05, 0.1) is 22.6 Å². The van der Waals surface area contributed by atoms with Crippen LogP contribution in [0, 0.1) is 6.92 Å². The summed E-state index contributed by atoms with van der Waals surface area (Å²) in [5.41, 5.74) is 4.54. The van der Waals surface area contributed by atoms with E-state index >= 15 is 0 Å². The lowest BCUT2D eigenvalue weighted by molar-refractivity contribution is -0.135. The highest BCUT2D eigenvalue weighted by Gasteiger charge is 2.66. The Balaban J connectivity index is 1.68. The molecule has 2 aromatic heterocycles. The Morgan fingerprint density at radius 2 is 1.66 bits per heavy atom. The van der Waals surface area contributed by atoms with E-state index in [-0.39, 0.29) is 22.8 Å². The number of benzene rings is 3. The van der Waals surface area contributed by atoms with Crippen LogP contribution in [0.15, 0.2) is 91.4 Å². The first-order valence-corrected chi connectivity index (χ1v) is 12.7. The lowest BCUT2D eigenvalue weighted by Crippen LogP contribution is -2.68. The zero-order valence-electron chi connectivity index (χ0n) is 21.8. The number of imidazole rings is 1. The van der Waals surface area contributed by atoms with E-state index in [1.54, 1.807) is 42.6 Å². The Morgan fingerprint density at radius 1 is 0.927 bits per heavy atom. The van der Waals surface area contributed by atoms with Crippen molar-refractivity contribution < 1.29 is 19.5 Å². The second kappa shape index (κ2) is 9.49. The van der Waals surface area contributed by atoms with E-state index in [0.717, 1.165) is 16.3 Å². The molecule has 0 spiro atoms. The monoisotopic (exact) mass is 547 g/mol. The molecule has 3 heterocycles. The first kappa shape index (κ1) is 25.6. The van der Waals surface area contributed by atoms with Crippen LogP contribution in [-0.4, -0.2) is 37.8 Å². The van der Waals surface area contributed by atoms with Crippen molar-refractivity contribution in [2.24, 2.45) is 5.73 Å². The number of pyridine rings is 1. The van der Waals surface area contributed by atoms with Crippen LogP contribution in [0.2, 0.25) is 0 Å². The Labute approximate surface area is 233 Å². The number of carbonyl (C=O) groups is 3. The van der Waals surface area contributed by atoms with Crippen LogP contribution in [0.3, 0.4) is 0 Å². The number of aromatic carboxylic acids is 1. The maximum atomic E-state index is 14.5. The van der Waals surface area contributed by atoms with Crippen molar-refractivity contribution in [2.75, 3.05) is 16.0 Å². The van der Waals surface area contributed by atoms with Crippen molar-refractivity contribution in [3.63, 3.8) is 0 Å². The zero-order valence-corrected chi connectivity index (χ0v) is 21.8. The zero-order chi connectivity index (χ0) is 28.8. The van der Waals surface area contributed by atoms with E-state index in [1.165, 1.54) is 24.5 Å². The number of carboxylic acid groups (broad SMARTS) is 1. The largest absolute Gasteiger partial charge is 0.478 e. The molecule has 204 valence electrons. The normalized spacial score (nSPS) is 17.1. The number of rotatable bonds is 7. The van der Waals surface area contributed by atoms with Gasteiger partial charge in [0.15, 0.2) is 11.1 Å². The first-order valence-electron chi connectivity index (χ1n) is 12.7. The molecule has 0 radical (unpaired) electrons. The summed E-state index contributed by atoms with van der Waals surface area (Å²) in [6, 6.07) is 20.6. The second-order valence-corrected chi connectivity index (χ2v) is 9.85. The Morgan fingerprint density at radius 3 is 2.34 bits per heavy atom. The molecule has 6 rings (SSSR count). The minimum atomic E-state index is -2.19. The predicted molar refractivity (Wildman–Crippen MR) is 153 cm³/mol. The van der Waals surface area contributed by atoms with E-state index in [0.29, 0.717) is 11.4 Å². The van der Waals surface area contributed by atoms with Crippen molar-refractivity contribution in [3.05, 3.63) is 114 Å². The van der Waals surface area contributed by atoms with Gasteiger partial charge in [0.2, 0.25) is 11.9 Å². The van der Waals surface area contributed by atoms with Gasteiger partial charge in [-0.05, 0) is 42.1 Å². The molecule has 5 aromatic rings. The number of amides is 2. The van der Waals surface area contributed by atoms with Gasteiger partial charge in [0, 0.05) is 24.0 Å². The van der Waals surface area contributed by atoms with Crippen LogP contribution in [-0.2, 0) is 20.7 Å². The molecule has 2 atom stereocenters. The number of nitrogens with two attached hydrogens (primary N) is 1. The molecule has 3 aromatic carbocycles. The molecule has 0 saturated heterocycles. The molecule has 7 N–H and O–H groups in total. The number of aromatic nitrogens is 3. The Kier molecular flexibility index (Phi) is 5.91. The highest BCUT2D eigenvalue weighted by molar-refractivity contribution is 6.18. The lowest BCUT2D eigenvalue weighted by atomic mass is 9.66. The summed E-state index contributed by atoms with van der Waals surface area (Å²) in [7, 11) is 0. The van der Waals surface area contributed by atoms with E-state index in [4.69, 9.17) is 10.7 Å². The molecule has 1 aliphatic heterocycles. The Hall–Kier alpha value is -5.71. The average molecular weight is 548 g/mol. The number of H-pyrrole nitrogens is 1. The number of carbonyl (C=O) groups excluding carboxylic acids is 2. The number of carboxylic acids is 1. The molecular formula is C30H25N7O4. The third kappa shape index (κ3) is 3.94. The molecular weight excluding hydrogens is 522 g/mol. The fourth-order valence-electron chi connectivity index (χ4n) is 5.42. The molecule has 11 nitrogen and oxygen atoms in total. The molecule has 0 fully saturated rings. The van der Waals surface area contributed by atoms with Crippen molar-refractivity contribution in [1.82, 2.24) is 15.0 Å². The van der Waals surface area contributed by atoms with E-state index in [9.17, 15) is 19.5 Å². The maximum absolute atomic E-state index is 14.5. The van der Waals surface area contributed by atoms with Gasteiger partial charge in [0.1, 0.15) is 0 Å². The maximum Gasteiger partial charge on any atom is 0.335 e. The number of primary amides is 1. The number of hydrogen-bond donors (Lipinski definition) is 6. The molecule has 2 amide bonds. The lowest BCUT2D eigenvalue weighted by Gasteiger charge is -2.45. The van der Waals surface area contributed by atoms with Gasteiger partial charge in [-0.25, -0.2) is 9.78 Å². The molecule has 0 aliphatic carbocycles. The third-order valence-corrected chi connectivity index (χ3v) is 7.41. The van der Waals surface area contributed by atoms with Gasteiger partial charge in [0.25, 0.3) is 5.91 Å². The number of fused-ring (bicyclic) bond motifs is 2. The summed E-state index contributed by atoms with van der Waals surface area (Å²) in [6.07, 6.45) is 4.64. The van der Waals surface area contributed by atoms with Gasteiger partial charge >= 0.3 is 5.97 Å². The van der Waals surface area contributed by atoms with E-state index in [2.05, 4.69) is 25.9 Å². The van der Waals surface area contributed by atoms with E-state index < -0.39 is 28.9 Å². The van der Waals surface area contributed by atoms with E-state index in [1.807, 2.05) is 31.2 Å². The molecule has 1 aliphatic rings. The minimum absolute atomic E-state index is 0.0142. The average Bonchev–Trinajstić information content (AvgIpc) is 3.62. The van der Waals surface area contributed by atoms with Crippen LogP contribution in [0.4, 0.5) is 17.3 Å². The molecule has 41 heavy (non-hydrogen) atoms. The number of nitrogens with one attached hydrogen (secondary N) is 4. The smallest absolute Gasteiger partial charge is 0.335 e.